The number of aldehydes is 1. The van der Waals surface area contributed by atoms with Crippen molar-refractivity contribution in [2.24, 2.45) is 0 Å². The summed E-state index contributed by atoms with van der Waals surface area (Å²) in [5.41, 5.74) is 1.39. The molecule has 0 saturated carbocycles. The van der Waals surface area contributed by atoms with Gasteiger partial charge in [0, 0.05) is 12.6 Å². The third-order valence-electron chi connectivity index (χ3n) is 2.50. The normalized spacial score (nSPS) is 10.3. The van der Waals surface area contributed by atoms with E-state index in [2.05, 4.69) is 5.32 Å². The first-order valence-electron chi connectivity index (χ1n) is 6.48. The van der Waals surface area contributed by atoms with Crippen LogP contribution in [0, 0.1) is 0 Å². The summed E-state index contributed by atoms with van der Waals surface area (Å²) >= 11 is 0. The molecule has 1 rings (SSSR count). The number of benzene rings is 1. The smallest absolute Gasteiger partial charge is 0.150 e. The summed E-state index contributed by atoms with van der Waals surface area (Å²) < 4.78 is 15.9. The van der Waals surface area contributed by atoms with Crippen molar-refractivity contribution in [3.8, 4) is 5.75 Å². The standard InChI is InChI=1S/C14H21NO5/c1-15-13-3-2-12(11-17)10-14(13)20-9-8-19-7-6-18-5-4-16/h2-3,10-11,15-16H,4-9H2,1H3. The molecule has 0 aromatic heterocycles. The van der Waals surface area contributed by atoms with E-state index in [0.29, 0.717) is 44.3 Å². The van der Waals surface area contributed by atoms with Crippen molar-refractivity contribution in [3.05, 3.63) is 23.8 Å². The highest BCUT2D eigenvalue weighted by Crippen LogP contribution is 2.24. The molecule has 1 aromatic rings. The number of anilines is 1. The molecule has 1 aromatic carbocycles. The Labute approximate surface area is 118 Å². The Hall–Kier alpha value is -1.63. The highest BCUT2D eigenvalue weighted by atomic mass is 16.5. The van der Waals surface area contributed by atoms with E-state index in [0.717, 1.165) is 12.0 Å². The summed E-state index contributed by atoms with van der Waals surface area (Å²) in [6.07, 6.45) is 0.779. The molecule has 0 atom stereocenters. The molecule has 0 aliphatic rings. The van der Waals surface area contributed by atoms with Gasteiger partial charge in [-0.05, 0) is 18.2 Å². The van der Waals surface area contributed by atoms with Gasteiger partial charge in [0.25, 0.3) is 0 Å². The van der Waals surface area contributed by atoms with Gasteiger partial charge < -0.3 is 24.6 Å². The molecule has 6 nitrogen and oxygen atoms in total. The second-order valence-electron chi connectivity index (χ2n) is 3.92. The number of aliphatic hydroxyl groups is 1. The minimum absolute atomic E-state index is 0.0168. The van der Waals surface area contributed by atoms with Crippen LogP contribution >= 0.6 is 0 Å². The van der Waals surface area contributed by atoms with Crippen molar-refractivity contribution in [1.82, 2.24) is 0 Å². The lowest BCUT2D eigenvalue weighted by molar-refractivity contribution is 0.0248. The molecule has 0 saturated heterocycles. The fourth-order valence-corrected chi connectivity index (χ4v) is 1.54. The highest BCUT2D eigenvalue weighted by molar-refractivity contribution is 5.78. The molecule has 0 aliphatic heterocycles. The second kappa shape index (κ2) is 10.2. The average molecular weight is 283 g/mol. The third-order valence-corrected chi connectivity index (χ3v) is 2.50. The third kappa shape index (κ3) is 6.01. The van der Waals surface area contributed by atoms with E-state index in [4.69, 9.17) is 19.3 Å². The number of nitrogens with one attached hydrogen (secondary N) is 1. The monoisotopic (exact) mass is 283 g/mol. The molecule has 0 fully saturated rings. The number of aliphatic hydroxyl groups excluding tert-OH is 1. The fraction of sp³-hybridized carbons (Fsp3) is 0.500. The lowest BCUT2D eigenvalue weighted by Gasteiger charge is -2.12. The SMILES string of the molecule is CNc1ccc(C=O)cc1OCCOCCOCCO. The van der Waals surface area contributed by atoms with Gasteiger partial charge in [0.1, 0.15) is 18.6 Å². The van der Waals surface area contributed by atoms with Crippen molar-refractivity contribution < 1.29 is 24.1 Å². The van der Waals surface area contributed by atoms with Gasteiger partial charge in [-0.2, -0.15) is 0 Å². The lowest BCUT2D eigenvalue weighted by atomic mass is 10.2. The van der Waals surface area contributed by atoms with E-state index in [-0.39, 0.29) is 6.61 Å². The van der Waals surface area contributed by atoms with Crippen LogP contribution in [-0.4, -0.2) is 58.1 Å². The topological polar surface area (TPSA) is 77.0 Å². The summed E-state index contributed by atoms with van der Waals surface area (Å²) in [6, 6.07) is 5.20. The van der Waals surface area contributed by atoms with E-state index in [1.807, 2.05) is 0 Å². The maximum Gasteiger partial charge on any atom is 0.150 e. The minimum Gasteiger partial charge on any atom is -0.489 e. The van der Waals surface area contributed by atoms with Gasteiger partial charge in [-0.15, -0.1) is 0 Å². The number of ether oxygens (including phenoxy) is 3. The van der Waals surface area contributed by atoms with E-state index in [1.54, 1.807) is 25.2 Å². The summed E-state index contributed by atoms with van der Waals surface area (Å²) in [7, 11) is 1.79. The van der Waals surface area contributed by atoms with Crippen molar-refractivity contribution >= 4 is 12.0 Å². The Bertz CT molecular complexity index is 397. The van der Waals surface area contributed by atoms with Crippen molar-refractivity contribution in [2.75, 3.05) is 52.0 Å². The van der Waals surface area contributed by atoms with Gasteiger partial charge in [0.05, 0.1) is 38.7 Å². The van der Waals surface area contributed by atoms with Crippen molar-refractivity contribution in [1.29, 1.82) is 0 Å². The van der Waals surface area contributed by atoms with Crippen molar-refractivity contribution in [2.45, 2.75) is 0 Å². The zero-order chi connectivity index (χ0) is 14.6. The number of rotatable bonds is 11. The quantitative estimate of drug-likeness (QED) is 0.465. The molecule has 20 heavy (non-hydrogen) atoms. The zero-order valence-electron chi connectivity index (χ0n) is 11.6. The molecule has 6 heteroatoms. The Morgan fingerprint density at radius 1 is 1.15 bits per heavy atom. The first-order chi connectivity index (χ1) is 9.81. The van der Waals surface area contributed by atoms with Gasteiger partial charge in [-0.1, -0.05) is 0 Å². The Morgan fingerprint density at radius 2 is 1.85 bits per heavy atom. The van der Waals surface area contributed by atoms with Gasteiger partial charge in [-0.3, -0.25) is 4.79 Å². The molecule has 0 unspecified atom stereocenters. The van der Waals surface area contributed by atoms with Crippen LogP contribution < -0.4 is 10.1 Å². The summed E-state index contributed by atoms with van der Waals surface area (Å²) in [4.78, 5) is 10.7. The molecule has 0 amide bonds. The Kier molecular flexibility index (Phi) is 8.37. The lowest BCUT2D eigenvalue weighted by Crippen LogP contribution is -2.12. The average Bonchev–Trinajstić information content (AvgIpc) is 2.49. The number of carbonyl (C=O) groups is 1. The van der Waals surface area contributed by atoms with Gasteiger partial charge >= 0.3 is 0 Å². The van der Waals surface area contributed by atoms with E-state index < -0.39 is 0 Å². The first-order valence-corrected chi connectivity index (χ1v) is 6.48. The second-order valence-corrected chi connectivity index (χ2v) is 3.92. The molecule has 0 aliphatic carbocycles. The Balaban J connectivity index is 2.25. The summed E-state index contributed by atoms with van der Waals surface area (Å²) in [6.45, 7) is 2.06. The molecular formula is C14H21NO5. The Morgan fingerprint density at radius 3 is 2.50 bits per heavy atom. The van der Waals surface area contributed by atoms with Crippen LogP contribution in [0.25, 0.3) is 0 Å². The van der Waals surface area contributed by atoms with E-state index in [9.17, 15) is 4.79 Å². The van der Waals surface area contributed by atoms with Crippen LogP contribution in [0.3, 0.4) is 0 Å². The predicted molar refractivity (Wildman–Crippen MR) is 75.6 cm³/mol. The largest absolute Gasteiger partial charge is 0.489 e. The number of carbonyl (C=O) groups excluding carboxylic acids is 1. The molecule has 0 heterocycles. The van der Waals surface area contributed by atoms with Gasteiger partial charge in [0.15, 0.2) is 0 Å². The molecule has 0 radical (unpaired) electrons. The number of hydrogen-bond donors (Lipinski definition) is 2. The maximum absolute atomic E-state index is 10.7. The maximum atomic E-state index is 10.7. The van der Waals surface area contributed by atoms with Gasteiger partial charge in [-0.25, -0.2) is 0 Å². The summed E-state index contributed by atoms with van der Waals surface area (Å²) in [5.74, 6) is 0.622. The molecular weight excluding hydrogens is 262 g/mol. The molecule has 0 bridgehead atoms. The molecule has 0 spiro atoms. The zero-order valence-corrected chi connectivity index (χ0v) is 11.6. The van der Waals surface area contributed by atoms with E-state index in [1.165, 1.54) is 0 Å². The first kappa shape index (κ1) is 16.4. The van der Waals surface area contributed by atoms with Gasteiger partial charge in [0.2, 0.25) is 0 Å². The summed E-state index contributed by atoms with van der Waals surface area (Å²) in [5, 5.41) is 11.5. The van der Waals surface area contributed by atoms with Crippen LogP contribution in [0.1, 0.15) is 10.4 Å². The predicted octanol–water partition coefficient (Wildman–Crippen LogP) is 0.945. The fourth-order valence-electron chi connectivity index (χ4n) is 1.54. The van der Waals surface area contributed by atoms with Crippen LogP contribution in [0.5, 0.6) is 5.75 Å². The van der Waals surface area contributed by atoms with Crippen LogP contribution in [0.4, 0.5) is 5.69 Å². The highest BCUT2D eigenvalue weighted by Gasteiger charge is 2.03. The van der Waals surface area contributed by atoms with Crippen LogP contribution in [0.15, 0.2) is 18.2 Å². The van der Waals surface area contributed by atoms with Crippen LogP contribution in [0.2, 0.25) is 0 Å². The number of hydrogen-bond acceptors (Lipinski definition) is 6. The van der Waals surface area contributed by atoms with Crippen LogP contribution in [-0.2, 0) is 9.47 Å². The van der Waals surface area contributed by atoms with Crippen molar-refractivity contribution in [3.63, 3.8) is 0 Å². The molecule has 2 N–H and O–H groups in total. The minimum atomic E-state index is 0.0168. The van der Waals surface area contributed by atoms with E-state index >= 15 is 0 Å². The molecule has 112 valence electrons.